The fourth-order valence-corrected chi connectivity index (χ4v) is 4.53. The van der Waals surface area contributed by atoms with Gasteiger partial charge >= 0.3 is 0 Å². The highest BCUT2D eigenvalue weighted by molar-refractivity contribution is 7.89. The van der Waals surface area contributed by atoms with E-state index in [9.17, 15) is 8.42 Å². The van der Waals surface area contributed by atoms with Crippen molar-refractivity contribution in [2.45, 2.75) is 23.8 Å². The van der Waals surface area contributed by atoms with E-state index in [1.807, 2.05) is 18.2 Å². The molecule has 1 atom stereocenters. The highest BCUT2D eigenvalue weighted by Crippen LogP contribution is 2.28. The van der Waals surface area contributed by atoms with Gasteiger partial charge in [-0.05, 0) is 43.2 Å². The molecule has 0 aromatic heterocycles. The Hall–Kier alpha value is -1.76. The van der Waals surface area contributed by atoms with Crippen molar-refractivity contribution in [1.82, 2.24) is 4.72 Å². The molecule has 25 heavy (non-hydrogen) atoms. The first-order valence-electron chi connectivity index (χ1n) is 8.16. The zero-order valence-corrected chi connectivity index (χ0v) is 15.6. The first kappa shape index (κ1) is 18.0. The summed E-state index contributed by atoms with van der Waals surface area (Å²) in [4.78, 5) is 2.39. The molecule has 1 heterocycles. The largest absolute Gasteiger partial charge is 0.495 e. The lowest BCUT2D eigenvalue weighted by Gasteiger charge is -2.27. The zero-order valence-electron chi connectivity index (χ0n) is 14.0. The summed E-state index contributed by atoms with van der Waals surface area (Å²) >= 11 is 6.04. The first-order valence-corrected chi connectivity index (χ1v) is 10.0. The number of sulfonamides is 1. The topological polar surface area (TPSA) is 58.6 Å². The number of nitrogens with one attached hydrogen (secondary N) is 1. The molecule has 5 nitrogen and oxygen atoms in total. The molecule has 0 radical (unpaired) electrons. The van der Waals surface area contributed by atoms with Gasteiger partial charge in [0, 0.05) is 24.8 Å². The second kappa shape index (κ2) is 7.64. The van der Waals surface area contributed by atoms with Crippen LogP contribution in [0.2, 0.25) is 5.02 Å². The summed E-state index contributed by atoms with van der Waals surface area (Å²) in [6.07, 6.45) is 2.01. The Labute approximate surface area is 153 Å². The van der Waals surface area contributed by atoms with E-state index in [4.69, 9.17) is 16.3 Å². The Kier molecular flexibility index (Phi) is 5.51. The number of para-hydroxylation sites is 1. The van der Waals surface area contributed by atoms with Gasteiger partial charge in [0.05, 0.1) is 17.0 Å². The predicted molar refractivity (Wildman–Crippen MR) is 100 cm³/mol. The molecule has 0 bridgehead atoms. The number of anilines is 1. The maximum Gasteiger partial charge on any atom is 0.240 e. The van der Waals surface area contributed by atoms with Crippen LogP contribution in [-0.2, 0) is 10.0 Å². The SMILES string of the molecule is COc1ccc(S(=O)(=O)NC[C@H]2CCCN2c2ccccc2)cc1Cl. The minimum Gasteiger partial charge on any atom is -0.495 e. The molecule has 0 spiro atoms. The van der Waals surface area contributed by atoms with Gasteiger partial charge in [0.1, 0.15) is 5.75 Å². The number of nitrogens with zero attached hydrogens (tertiary/aromatic N) is 1. The zero-order chi connectivity index (χ0) is 17.9. The van der Waals surface area contributed by atoms with Crippen molar-refractivity contribution in [2.75, 3.05) is 25.1 Å². The highest BCUT2D eigenvalue weighted by atomic mass is 35.5. The van der Waals surface area contributed by atoms with Crippen molar-refractivity contribution in [2.24, 2.45) is 0 Å². The van der Waals surface area contributed by atoms with Gasteiger partial charge in [0.2, 0.25) is 10.0 Å². The summed E-state index contributed by atoms with van der Waals surface area (Å²) in [5.41, 5.74) is 1.12. The third kappa shape index (κ3) is 4.08. The van der Waals surface area contributed by atoms with Crippen molar-refractivity contribution in [3.8, 4) is 5.75 Å². The lowest BCUT2D eigenvalue weighted by Crippen LogP contribution is -2.40. The maximum absolute atomic E-state index is 12.6. The molecule has 134 valence electrons. The van der Waals surface area contributed by atoms with Crippen molar-refractivity contribution < 1.29 is 13.2 Å². The van der Waals surface area contributed by atoms with Crippen molar-refractivity contribution in [3.63, 3.8) is 0 Å². The van der Waals surface area contributed by atoms with E-state index in [0.717, 1.165) is 25.1 Å². The molecule has 0 aliphatic carbocycles. The van der Waals surface area contributed by atoms with E-state index in [-0.39, 0.29) is 16.0 Å². The van der Waals surface area contributed by atoms with Gasteiger partial charge in [-0.3, -0.25) is 0 Å². The normalized spacial score (nSPS) is 17.7. The summed E-state index contributed by atoms with van der Waals surface area (Å²) in [5.74, 6) is 0.451. The summed E-state index contributed by atoms with van der Waals surface area (Å²) in [5, 5.41) is 0.275. The van der Waals surface area contributed by atoms with Crippen molar-refractivity contribution in [3.05, 3.63) is 53.6 Å². The lowest BCUT2D eigenvalue weighted by atomic mass is 10.2. The Balaban J connectivity index is 1.70. The minimum absolute atomic E-state index is 0.141. The molecule has 1 saturated heterocycles. The fourth-order valence-electron chi connectivity index (χ4n) is 3.11. The van der Waals surface area contributed by atoms with Crippen LogP contribution >= 0.6 is 11.6 Å². The Morgan fingerprint density at radius 1 is 1.24 bits per heavy atom. The van der Waals surface area contributed by atoms with Crippen LogP contribution in [0.3, 0.4) is 0 Å². The first-order chi connectivity index (χ1) is 12.0. The van der Waals surface area contributed by atoms with Crippen LogP contribution in [0.25, 0.3) is 0 Å². The minimum atomic E-state index is -3.62. The van der Waals surface area contributed by atoms with Crippen molar-refractivity contribution in [1.29, 1.82) is 0 Å². The van der Waals surface area contributed by atoms with Gasteiger partial charge in [-0.1, -0.05) is 29.8 Å². The molecular weight excluding hydrogens is 360 g/mol. The molecule has 0 amide bonds. The number of rotatable bonds is 6. The summed E-state index contributed by atoms with van der Waals surface area (Å²) < 4.78 is 32.9. The average Bonchev–Trinajstić information content (AvgIpc) is 3.09. The Bertz CT molecular complexity index is 827. The third-order valence-corrected chi connectivity index (χ3v) is 6.12. The van der Waals surface area contributed by atoms with Crippen LogP contribution in [0.4, 0.5) is 5.69 Å². The molecule has 0 unspecified atom stereocenters. The van der Waals surface area contributed by atoms with Crippen LogP contribution in [0.1, 0.15) is 12.8 Å². The van der Waals surface area contributed by atoms with E-state index in [1.165, 1.54) is 19.2 Å². The molecular formula is C18H21ClN2O3S. The number of methoxy groups -OCH3 is 1. The molecule has 1 N–H and O–H groups in total. The summed E-state index contributed by atoms with van der Waals surface area (Å²) in [6.45, 7) is 1.30. The molecule has 1 aliphatic rings. The van der Waals surface area contributed by atoms with Crippen LogP contribution < -0.4 is 14.4 Å². The van der Waals surface area contributed by atoms with Crippen LogP contribution in [0, 0.1) is 0 Å². The molecule has 1 aliphatic heterocycles. The van der Waals surface area contributed by atoms with Gasteiger partial charge < -0.3 is 9.64 Å². The number of hydrogen-bond acceptors (Lipinski definition) is 4. The Morgan fingerprint density at radius 3 is 2.68 bits per heavy atom. The van der Waals surface area contributed by atoms with Gasteiger partial charge in [-0.2, -0.15) is 0 Å². The molecule has 1 fully saturated rings. The number of ether oxygens (including phenoxy) is 1. The molecule has 7 heteroatoms. The summed E-state index contributed by atoms with van der Waals surface area (Å²) in [6, 6.07) is 14.7. The fraction of sp³-hybridized carbons (Fsp3) is 0.333. The summed E-state index contributed by atoms with van der Waals surface area (Å²) in [7, 11) is -2.13. The lowest BCUT2D eigenvalue weighted by molar-refractivity contribution is 0.414. The molecule has 2 aromatic carbocycles. The molecule has 3 rings (SSSR count). The third-order valence-electron chi connectivity index (χ3n) is 4.41. The van der Waals surface area contributed by atoms with E-state index >= 15 is 0 Å². The maximum atomic E-state index is 12.6. The van der Waals surface area contributed by atoms with E-state index in [0.29, 0.717) is 12.3 Å². The molecule has 2 aromatic rings. The predicted octanol–water partition coefficient (Wildman–Crippen LogP) is 3.30. The smallest absolute Gasteiger partial charge is 0.240 e. The van der Waals surface area contributed by atoms with Gasteiger partial charge in [0.15, 0.2) is 0 Å². The van der Waals surface area contributed by atoms with Gasteiger partial charge in [-0.15, -0.1) is 0 Å². The van der Waals surface area contributed by atoms with Gasteiger partial charge in [-0.25, -0.2) is 13.1 Å². The average molecular weight is 381 g/mol. The quantitative estimate of drug-likeness (QED) is 0.835. The second-order valence-corrected chi connectivity index (χ2v) is 8.15. The van der Waals surface area contributed by atoms with Crippen LogP contribution in [-0.4, -0.2) is 34.7 Å². The molecule has 0 saturated carbocycles. The number of benzene rings is 2. The standard InChI is InChI=1S/C18H21ClN2O3S/c1-24-18-10-9-16(12-17(18)19)25(22,23)20-13-15-8-5-11-21(15)14-6-3-2-4-7-14/h2-4,6-7,9-10,12,15,20H,5,8,11,13H2,1H3/t15-/m1/s1. The van der Waals surface area contributed by atoms with Crippen LogP contribution in [0.5, 0.6) is 5.75 Å². The Morgan fingerprint density at radius 2 is 2.00 bits per heavy atom. The monoisotopic (exact) mass is 380 g/mol. The highest BCUT2D eigenvalue weighted by Gasteiger charge is 2.26. The van der Waals surface area contributed by atoms with Crippen LogP contribution in [0.15, 0.2) is 53.4 Å². The van der Waals surface area contributed by atoms with Crippen molar-refractivity contribution >= 4 is 27.3 Å². The van der Waals surface area contributed by atoms with E-state index in [1.54, 1.807) is 6.07 Å². The second-order valence-electron chi connectivity index (χ2n) is 5.97. The number of hydrogen-bond donors (Lipinski definition) is 1. The van der Waals surface area contributed by atoms with Gasteiger partial charge in [0.25, 0.3) is 0 Å². The van der Waals surface area contributed by atoms with E-state index in [2.05, 4.69) is 21.8 Å². The number of halogens is 1. The van der Waals surface area contributed by atoms with E-state index < -0.39 is 10.0 Å².